The molecule has 0 unspecified atom stereocenters. The van der Waals surface area contributed by atoms with Crippen LogP contribution in [0.15, 0.2) is 42.6 Å². The zero-order chi connectivity index (χ0) is 14.8. The minimum atomic E-state index is -0.182. The summed E-state index contributed by atoms with van der Waals surface area (Å²) in [5, 5.41) is 3.40. The quantitative estimate of drug-likeness (QED) is 0.896. The van der Waals surface area contributed by atoms with Crippen molar-refractivity contribution in [3.8, 4) is 0 Å². The zero-order valence-corrected chi connectivity index (χ0v) is 12.5. The highest BCUT2D eigenvalue weighted by Gasteiger charge is 2.16. The number of hydrogen-bond donors (Lipinski definition) is 1. The Bertz CT molecular complexity index is 632. The van der Waals surface area contributed by atoms with Crippen LogP contribution in [0, 0.1) is 0 Å². The van der Waals surface area contributed by atoms with E-state index in [9.17, 15) is 4.79 Å². The Morgan fingerprint density at radius 3 is 2.60 bits per heavy atom. The molecule has 1 amide bonds. The summed E-state index contributed by atoms with van der Waals surface area (Å²) < 4.78 is 0. The Morgan fingerprint density at radius 2 is 1.95 bits per heavy atom. The number of aromatic nitrogens is 1. The molecule has 0 aliphatic carbocycles. The van der Waals surface area contributed by atoms with Gasteiger partial charge in [0.25, 0.3) is 5.91 Å². The lowest BCUT2D eigenvalue weighted by Gasteiger charge is -2.18. The van der Waals surface area contributed by atoms with Crippen molar-refractivity contribution in [3.05, 3.63) is 58.9 Å². The Hall–Kier alpha value is -1.87. The van der Waals surface area contributed by atoms with Crippen molar-refractivity contribution in [2.75, 3.05) is 5.32 Å². The second kappa shape index (κ2) is 5.63. The second-order valence-corrected chi connectivity index (χ2v) is 6.08. The molecule has 0 aliphatic heterocycles. The molecular weight excluding hydrogens is 272 g/mol. The molecule has 2 aromatic rings. The molecule has 0 spiro atoms. The van der Waals surface area contributed by atoms with Crippen molar-refractivity contribution in [2.24, 2.45) is 0 Å². The van der Waals surface area contributed by atoms with Crippen LogP contribution in [0.2, 0.25) is 5.02 Å². The van der Waals surface area contributed by atoms with Crippen LogP contribution >= 0.6 is 11.6 Å². The lowest BCUT2D eigenvalue weighted by Crippen LogP contribution is -2.16. The molecule has 0 saturated carbocycles. The first kappa shape index (κ1) is 14.5. The fraction of sp³-hybridized carbons (Fsp3) is 0.250. The Balaban J connectivity index is 2.20. The molecule has 1 N–H and O–H groups in total. The molecule has 4 heteroatoms. The fourth-order valence-electron chi connectivity index (χ4n) is 1.75. The lowest BCUT2D eigenvalue weighted by molar-refractivity contribution is 0.102. The third-order valence-corrected chi connectivity index (χ3v) is 3.11. The number of carbonyl (C=O) groups excluding carboxylic acids is 1. The topological polar surface area (TPSA) is 42.0 Å². The van der Waals surface area contributed by atoms with Crippen molar-refractivity contribution in [2.45, 2.75) is 26.2 Å². The largest absolute Gasteiger partial charge is 0.322 e. The first-order chi connectivity index (χ1) is 9.36. The predicted octanol–water partition coefficient (Wildman–Crippen LogP) is 4.28. The van der Waals surface area contributed by atoms with Crippen LogP contribution in [0.25, 0.3) is 0 Å². The van der Waals surface area contributed by atoms with Gasteiger partial charge in [-0.1, -0.05) is 38.4 Å². The van der Waals surface area contributed by atoms with E-state index in [1.165, 1.54) is 0 Å². The van der Waals surface area contributed by atoms with E-state index in [0.717, 1.165) is 11.4 Å². The van der Waals surface area contributed by atoms with Crippen LogP contribution in [0.4, 0.5) is 5.69 Å². The van der Waals surface area contributed by atoms with Gasteiger partial charge < -0.3 is 5.32 Å². The first-order valence-electron chi connectivity index (χ1n) is 6.40. The summed E-state index contributed by atoms with van der Waals surface area (Å²) in [6, 6.07) is 10.5. The molecule has 1 aromatic carbocycles. The molecule has 0 radical (unpaired) electrons. The maximum absolute atomic E-state index is 12.1. The van der Waals surface area contributed by atoms with E-state index in [-0.39, 0.29) is 11.3 Å². The number of nitrogens with zero attached hydrogens (tertiary/aromatic N) is 1. The van der Waals surface area contributed by atoms with Crippen LogP contribution in [0.1, 0.15) is 36.8 Å². The number of hydrogen-bond acceptors (Lipinski definition) is 2. The van der Waals surface area contributed by atoms with E-state index in [0.29, 0.717) is 10.6 Å². The molecule has 104 valence electrons. The van der Waals surface area contributed by atoms with Crippen LogP contribution in [-0.2, 0) is 5.41 Å². The number of halogens is 1. The molecule has 0 aliphatic rings. The number of nitrogens with one attached hydrogen (secondary N) is 1. The van der Waals surface area contributed by atoms with Gasteiger partial charge in [-0.25, -0.2) is 0 Å². The van der Waals surface area contributed by atoms with Crippen LogP contribution < -0.4 is 5.32 Å². The van der Waals surface area contributed by atoms with E-state index in [2.05, 4.69) is 31.1 Å². The van der Waals surface area contributed by atoms with Crippen molar-refractivity contribution in [1.82, 2.24) is 4.98 Å². The Labute approximate surface area is 124 Å². The van der Waals surface area contributed by atoms with Crippen molar-refractivity contribution in [1.29, 1.82) is 0 Å². The third kappa shape index (κ3) is 3.58. The summed E-state index contributed by atoms with van der Waals surface area (Å²) in [5.74, 6) is -0.182. The highest BCUT2D eigenvalue weighted by Crippen LogP contribution is 2.22. The zero-order valence-electron chi connectivity index (χ0n) is 11.8. The third-order valence-electron chi connectivity index (χ3n) is 2.87. The summed E-state index contributed by atoms with van der Waals surface area (Å²) in [4.78, 5) is 16.5. The minimum absolute atomic E-state index is 0.0587. The van der Waals surface area contributed by atoms with Crippen LogP contribution in [0.5, 0.6) is 0 Å². The normalized spacial score (nSPS) is 11.2. The molecule has 0 saturated heterocycles. The molecule has 0 bridgehead atoms. The monoisotopic (exact) mass is 288 g/mol. The van der Waals surface area contributed by atoms with Gasteiger partial charge in [0.1, 0.15) is 0 Å². The van der Waals surface area contributed by atoms with Crippen molar-refractivity contribution >= 4 is 23.2 Å². The van der Waals surface area contributed by atoms with E-state index < -0.39 is 0 Å². The fourth-order valence-corrected chi connectivity index (χ4v) is 1.94. The number of anilines is 1. The van der Waals surface area contributed by atoms with E-state index >= 15 is 0 Å². The average molecular weight is 289 g/mol. The van der Waals surface area contributed by atoms with Crippen LogP contribution in [-0.4, -0.2) is 10.9 Å². The summed E-state index contributed by atoms with van der Waals surface area (Å²) in [7, 11) is 0. The van der Waals surface area contributed by atoms with Gasteiger partial charge >= 0.3 is 0 Å². The SMILES string of the molecule is CC(C)(C)c1cc(NC(=O)c2cccc(Cl)c2)ccn1. The maximum atomic E-state index is 12.1. The molecule has 1 aromatic heterocycles. The number of benzene rings is 1. The second-order valence-electron chi connectivity index (χ2n) is 5.64. The van der Waals surface area contributed by atoms with Crippen molar-refractivity contribution < 1.29 is 4.79 Å². The van der Waals surface area contributed by atoms with Crippen molar-refractivity contribution in [3.63, 3.8) is 0 Å². The molecule has 2 rings (SSSR count). The van der Waals surface area contributed by atoms with Crippen LogP contribution in [0.3, 0.4) is 0 Å². The maximum Gasteiger partial charge on any atom is 0.255 e. The minimum Gasteiger partial charge on any atom is -0.322 e. The number of pyridine rings is 1. The van der Waals surface area contributed by atoms with Gasteiger partial charge in [0.15, 0.2) is 0 Å². The summed E-state index contributed by atoms with van der Waals surface area (Å²) in [5.41, 5.74) is 2.14. The molecule has 20 heavy (non-hydrogen) atoms. The summed E-state index contributed by atoms with van der Waals surface area (Å²) in [6.45, 7) is 6.24. The van der Waals surface area contributed by atoms with Gasteiger partial charge in [0.2, 0.25) is 0 Å². The smallest absolute Gasteiger partial charge is 0.255 e. The Morgan fingerprint density at radius 1 is 1.20 bits per heavy atom. The highest BCUT2D eigenvalue weighted by molar-refractivity contribution is 6.31. The van der Waals surface area contributed by atoms with Gasteiger partial charge in [-0.05, 0) is 30.3 Å². The number of amides is 1. The summed E-state index contributed by atoms with van der Waals surface area (Å²) in [6.07, 6.45) is 1.70. The molecular formula is C16H17ClN2O. The number of rotatable bonds is 2. The summed E-state index contributed by atoms with van der Waals surface area (Å²) >= 11 is 5.89. The predicted molar refractivity (Wildman–Crippen MR) is 82.3 cm³/mol. The number of carbonyl (C=O) groups is 1. The lowest BCUT2D eigenvalue weighted by atomic mass is 9.91. The van der Waals surface area contributed by atoms with Gasteiger partial charge in [-0.3, -0.25) is 9.78 Å². The van der Waals surface area contributed by atoms with Gasteiger partial charge in [-0.15, -0.1) is 0 Å². The standard InChI is InChI=1S/C16H17ClN2O/c1-16(2,3)14-10-13(7-8-18-14)19-15(20)11-5-4-6-12(17)9-11/h4-10H,1-3H3,(H,18,19,20). The van der Waals surface area contributed by atoms with Gasteiger partial charge in [0, 0.05) is 33.6 Å². The van der Waals surface area contributed by atoms with E-state index in [1.54, 1.807) is 36.5 Å². The highest BCUT2D eigenvalue weighted by atomic mass is 35.5. The molecule has 1 heterocycles. The Kier molecular flexibility index (Phi) is 4.09. The van der Waals surface area contributed by atoms with Gasteiger partial charge in [0.05, 0.1) is 0 Å². The van der Waals surface area contributed by atoms with E-state index in [1.807, 2.05) is 6.07 Å². The van der Waals surface area contributed by atoms with Gasteiger partial charge in [-0.2, -0.15) is 0 Å². The molecule has 0 fully saturated rings. The first-order valence-corrected chi connectivity index (χ1v) is 6.77. The van der Waals surface area contributed by atoms with E-state index in [4.69, 9.17) is 11.6 Å². The molecule has 0 atom stereocenters. The molecule has 3 nitrogen and oxygen atoms in total. The average Bonchev–Trinajstić information content (AvgIpc) is 2.38.